The quantitative estimate of drug-likeness (QED) is 0.675. The van der Waals surface area contributed by atoms with Crippen LogP contribution in [0.1, 0.15) is 25.7 Å². The Kier molecular flexibility index (Phi) is 5.34. The van der Waals surface area contributed by atoms with Crippen molar-refractivity contribution >= 4 is 40.2 Å². The van der Waals surface area contributed by atoms with E-state index in [0.29, 0.717) is 16.1 Å². The fourth-order valence-corrected chi connectivity index (χ4v) is 4.04. The Morgan fingerprint density at radius 2 is 1.85 bits per heavy atom. The zero-order valence-electron chi connectivity index (χ0n) is 14.6. The Morgan fingerprint density at radius 1 is 1.08 bits per heavy atom. The number of carbonyl (C=O) groups excluding carboxylic acids is 2. The lowest BCUT2D eigenvalue weighted by Gasteiger charge is -2.13. The summed E-state index contributed by atoms with van der Waals surface area (Å²) in [7, 11) is 3.80. The second-order valence-corrected chi connectivity index (χ2v) is 7.71. The molecular weight excluding hydrogens is 368 g/mol. The van der Waals surface area contributed by atoms with Gasteiger partial charge in [-0.2, -0.15) is 0 Å². The molecule has 6 nitrogen and oxygen atoms in total. The number of amides is 2. The molecule has 1 aromatic carbocycles. The van der Waals surface area contributed by atoms with Crippen LogP contribution < -0.4 is 15.8 Å². The van der Waals surface area contributed by atoms with Crippen molar-refractivity contribution in [2.45, 2.75) is 6.92 Å². The predicted molar refractivity (Wildman–Crippen MR) is 106 cm³/mol. The molecular formula is C18H18N4O2S2. The van der Waals surface area contributed by atoms with Crippen LogP contribution in [0.5, 0.6) is 0 Å². The molecule has 0 saturated heterocycles. The fraction of sp³-hybridized carbons (Fsp3) is 0.167. The first-order valence-electron chi connectivity index (χ1n) is 7.85. The van der Waals surface area contributed by atoms with Crippen molar-refractivity contribution in [1.82, 2.24) is 15.8 Å². The topological polar surface area (TPSA) is 74.3 Å². The third kappa shape index (κ3) is 3.92. The van der Waals surface area contributed by atoms with Crippen molar-refractivity contribution in [2.24, 2.45) is 0 Å². The van der Waals surface area contributed by atoms with Gasteiger partial charge in [-0.15, -0.1) is 22.7 Å². The van der Waals surface area contributed by atoms with Crippen LogP contribution in [0.2, 0.25) is 0 Å². The highest BCUT2D eigenvalue weighted by atomic mass is 32.1. The molecule has 0 saturated carbocycles. The Hall–Kier alpha value is -2.71. The maximum absolute atomic E-state index is 12.4. The van der Waals surface area contributed by atoms with Gasteiger partial charge in [0.2, 0.25) is 0 Å². The fourth-order valence-electron chi connectivity index (χ4n) is 2.28. The molecule has 3 rings (SSSR count). The van der Waals surface area contributed by atoms with Crippen LogP contribution in [0.15, 0.2) is 41.8 Å². The van der Waals surface area contributed by atoms with Gasteiger partial charge in [0, 0.05) is 25.3 Å². The molecule has 0 fully saturated rings. The van der Waals surface area contributed by atoms with Crippen LogP contribution in [0.3, 0.4) is 0 Å². The number of nitrogens with one attached hydrogen (secondary N) is 2. The van der Waals surface area contributed by atoms with E-state index < -0.39 is 0 Å². The number of aryl methyl sites for hydroxylation is 1. The summed E-state index contributed by atoms with van der Waals surface area (Å²) >= 11 is 2.88. The molecule has 8 heteroatoms. The average Bonchev–Trinajstić information content (AvgIpc) is 3.29. The molecule has 0 bridgehead atoms. The standard InChI is InChI=1S/C18H18N4O2S2/c1-11-15(26-18(19-11)14-8-5-9-25-14)17(24)21-20-16(23)12-6-4-7-13(10-12)22(2)3/h4-10H,1-3H3,(H,20,23)(H,21,24). The summed E-state index contributed by atoms with van der Waals surface area (Å²) in [6.45, 7) is 1.78. The highest BCUT2D eigenvalue weighted by Crippen LogP contribution is 2.30. The number of thiophene rings is 1. The first kappa shape index (κ1) is 18.1. The van der Waals surface area contributed by atoms with Gasteiger partial charge >= 0.3 is 0 Å². The van der Waals surface area contributed by atoms with E-state index in [4.69, 9.17) is 0 Å². The van der Waals surface area contributed by atoms with E-state index in [1.165, 1.54) is 11.3 Å². The van der Waals surface area contributed by atoms with Gasteiger partial charge in [0.25, 0.3) is 11.8 Å². The third-order valence-electron chi connectivity index (χ3n) is 3.65. The zero-order valence-corrected chi connectivity index (χ0v) is 16.2. The van der Waals surface area contributed by atoms with Gasteiger partial charge in [-0.25, -0.2) is 4.98 Å². The second-order valence-electron chi connectivity index (χ2n) is 5.76. The first-order valence-corrected chi connectivity index (χ1v) is 9.54. The van der Waals surface area contributed by atoms with Gasteiger partial charge in [0.1, 0.15) is 9.88 Å². The van der Waals surface area contributed by atoms with E-state index >= 15 is 0 Å². The Morgan fingerprint density at radius 3 is 2.54 bits per heavy atom. The Balaban J connectivity index is 1.67. The first-order chi connectivity index (χ1) is 12.5. The molecule has 0 aliphatic rings. The van der Waals surface area contributed by atoms with Gasteiger partial charge in [-0.05, 0) is 36.6 Å². The van der Waals surface area contributed by atoms with Crippen molar-refractivity contribution in [2.75, 3.05) is 19.0 Å². The molecule has 2 heterocycles. The number of carbonyl (C=O) groups is 2. The van der Waals surface area contributed by atoms with E-state index in [9.17, 15) is 9.59 Å². The highest BCUT2D eigenvalue weighted by Gasteiger charge is 2.17. The molecule has 134 valence electrons. The zero-order chi connectivity index (χ0) is 18.7. The monoisotopic (exact) mass is 386 g/mol. The van der Waals surface area contributed by atoms with E-state index in [1.54, 1.807) is 36.5 Å². The summed E-state index contributed by atoms with van der Waals surface area (Å²) < 4.78 is 0. The van der Waals surface area contributed by atoms with Crippen LogP contribution in [0, 0.1) is 6.92 Å². The summed E-state index contributed by atoms with van der Waals surface area (Å²) in [6.07, 6.45) is 0. The van der Waals surface area contributed by atoms with Crippen LogP contribution in [-0.4, -0.2) is 30.9 Å². The number of hydrazine groups is 1. The molecule has 0 radical (unpaired) electrons. The van der Waals surface area contributed by atoms with Gasteiger partial charge in [0.15, 0.2) is 0 Å². The lowest BCUT2D eigenvalue weighted by molar-refractivity contribution is 0.0848. The molecule has 0 aliphatic carbocycles. The second kappa shape index (κ2) is 7.67. The van der Waals surface area contributed by atoms with Crippen molar-refractivity contribution in [3.8, 4) is 9.88 Å². The molecule has 26 heavy (non-hydrogen) atoms. The SMILES string of the molecule is Cc1nc(-c2cccs2)sc1C(=O)NNC(=O)c1cccc(N(C)C)c1. The lowest BCUT2D eigenvalue weighted by atomic mass is 10.2. The Labute approximate surface area is 159 Å². The van der Waals surface area contributed by atoms with Crippen LogP contribution >= 0.6 is 22.7 Å². The lowest BCUT2D eigenvalue weighted by Crippen LogP contribution is -2.41. The van der Waals surface area contributed by atoms with Gasteiger partial charge < -0.3 is 4.90 Å². The largest absolute Gasteiger partial charge is 0.378 e. The van der Waals surface area contributed by atoms with E-state index in [2.05, 4.69) is 15.8 Å². The summed E-state index contributed by atoms with van der Waals surface area (Å²) in [6, 6.07) is 11.1. The summed E-state index contributed by atoms with van der Waals surface area (Å²) in [5.74, 6) is -0.748. The normalized spacial score (nSPS) is 10.4. The van der Waals surface area contributed by atoms with Crippen LogP contribution in [-0.2, 0) is 0 Å². The minimum atomic E-state index is -0.375. The number of rotatable bonds is 4. The van der Waals surface area contributed by atoms with Crippen LogP contribution in [0.4, 0.5) is 5.69 Å². The number of thiazole rings is 1. The van der Waals surface area contributed by atoms with Crippen molar-refractivity contribution in [1.29, 1.82) is 0 Å². The number of hydrogen-bond donors (Lipinski definition) is 2. The van der Waals surface area contributed by atoms with Crippen molar-refractivity contribution < 1.29 is 9.59 Å². The third-order valence-corrected chi connectivity index (χ3v) is 5.84. The molecule has 0 spiro atoms. The predicted octanol–water partition coefficient (Wildman–Crippen LogP) is 3.32. The van der Waals surface area contributed by atoms with E-state index in [1.807, 2.05) is 42.6 Å². The van der Waals surface area contributed by atoms with Gasteiger partial charge in [-0.1, -0.05) is 12.1 Å². The minimum Gasteiger partial charge on any atom is -0.378 e. The van der Waals surface area contributed by atoms with Gasteiger partial charge in [0.05, 0.1) is 10.6 Å². The molecule has 2 N–H and O–H groups in total. The minimum absolute atomic E-state index is 0.373. The van der Waals surface area contributed by atoms with Crippen molar-refractivity contribution in [3.63, 3.8) is 0 Å². The number of hydrogen-bond acceptors (Lipinski definition) is 6. The Bertz CT molecular complexity index is 933. The maximum atomic E-state index is 12.4. The molecule has 2 amide bonds. The number of anilines is 1. The molecule has 0 atom stereocenters. The van der Waals surface area contributed by atoms with Gasteiger partial charge in [-0.3, -0.25) is 20.4 Å². The molecule has 0 unspecified atom stereocenters. The number of benzene rings is 1. The average molecular weight is 387 g/mol. The summed E-state index contributed by atoms with van der Waals surface area (Å²) in [5.41, 5.74) is 6.94. The van der Waals surface area contributed by atoms with E-state index in [-0.39, 0.29) is 11.8 Å². The maximum Gasteiger partial charge on any atom is 0.281 e. The molecule has 3 aromatic rings. The molecule has 0 aliphatic heterocycles. The summed E-state index contributed by atoms with van der Waals surface area (Å²) in [4.78, 5) is 32.5. The highest BCUT2D eigenvalue weighted by molar-refractivity contribution is 7.22. The smallest absolute Gasteiger partial charge is 0.281 e. The summed E-state index contributed by atoms with van der Waals surface area (Å²) in [5, 5.41) is 2.76. The molecule has 2 aromatic heterocycles. The van der Waals surface area contributed by atoms with Crippen molar-refractivity contribution in [3.05, 3.63) is 57.9 Å². The number of nitrogens with zero attached hydrogens (tertiary/aromatic N) is 2. The van der Waals surface area contributed by atoms with Crippen LogP contribution in [0.25, 0.3) is 9.88 Å². The number of aromatic nitrogens is 1. The van der Waals surface area contributed by atoms with E-state index in [0.717, 1.165) is 15.6 Å².